The quantitative estimate of drug-likeness (QED) is 0.763. The van der Waals surface area contributed by atoms with Crippen LogP contribution in [0.25, 0.3) is 10.9 Å². The first-order valence-corrected chi connectivity index (χ1v) is 11.3. The number of nitrogens with one attached hydrogen (secondary N) is 2. The predicted octanol–water partition coefficient (Wildman–Crippen LogP) is 2.34. The van der Waals surface area contributed by atoms with Crippen molar-refractivity contribution >= 4 is 28.7 Å². The highest BCUT2D eigenvalue weighted by molar-refractivity contribution is 5.88. The molecule has 2 aliphatic heterocycles. The van der Waals surface area contributed by atoms with E-state index in [9.17, 15) is 9.59 Å². The van der Waals surface area contributed by atoms with Crippen molar-refractivity contribution in [2.24, 2.45) is 5.92 Å². The number of hydrogen-bond acceptors (Lipinski definition) is 6. The van der Waals surface area contributed by atoms with Crippen molar-refractivity contribution in [3.8, 4) is 5.75 Å². The van der Waals surface area contributed by atoms with E-state index in [0.717, 1.165) is 61.1 Å². The topological polar surface area (TPSA) is 96.5 Å². The van der Waals surface area contributed by atoms with Crippen molar-refractivity contribution in [2.75, 3.05) is 31.1 Å². The monoisotopic (exact) mass is 425 g/mol. The van der Waals surface area contributed by atoms with Crippen LogP contribution in [0.5, 0.6) is 5.75 Å². The minimum absolute atomic E-state index is 0.0132. The summed E-state index contributed by atoms with van der Waals surface area (Å²) in [6.45, 7) is 6.71. The summed E-state index contributed by atoms with van der Waals surface area (Å²) >= 11 is 0. The minimum Gasteiger partial charge on any atom is -0.494 e. The van der Waals surface area contributed by atoms with Crippen LogP contribution in [-0.4, -0.2) is 54.1 Å². The molecule has 31 heavy (non-hydrogen) atoms. The third-order valence-electron chi connectivity index (χ3n) is 6.16. The van der Waals surface area contributed by atoms with Gasteiger partial charge in [0.15, 0.2) is 0 Å². The SMILES string of the molecule is CCOc1ccc2nc(N3CCC(C(=O)N[C@H]4CCCCNC4=O)CC3)nc(C)c2c1. The Balaban J connectivity index is 1.39. The maximum atomic E-state index is 12.7. The Labute approximate surface area is 182 Å². The van der Waals surface area contributed by atoms with Crippen molar-refractivity contribution in [2.45, 2.75) is 52.0 Å². The van der Waals surface area contributed by atoms with Crippen molar-refractivity contribution in [1.82, 2.24) is 20.6 Å². The van der Waals surface area contributed by atoms with E-state index in [1.807, 2.05) is 32.0 Å². The van der Waals surface area contributed by atoms with Crippen LogP contribution in [0.15, 0.2) is 18.2 Å². The number of fused-ring (bicyclic) bond motifs is 1. The summed E-state index contributed by atoms with van der Waals surface area (Å²) in [6.07, 6.45) is 4.08. The molecule has 2 fully saturated rings. The molecular weight excluding hydrogens is 394 g/mol. The molecule has 1 aromatic carbocycles. The van der Waals surface area contributed by atoms with Gasteiger partial charge in [-0.25, -0.2) is 9.97 Å². The van der Waals surface area contributed by atoms with Crippen LogP contribution in [0.2, 0.25) is 0 Å². The van der Waals surface area contributed by atoms with Gasteiger partial charge in [-0.05, 0) is 64.2 Å². The Morgan fingerprint density at radius 2 is 2.03 bits per heavy atom. The number of piperidine rings is 1. The number of hydrogen-bond donors (Lipinski definition) is 2. The first kappa shape index (κ1) is 21.3. The third-order valence-corrected chi connectivity index (χ3v) is 6.16. The van der Waals surface area contributed by atoms with Gasteiger partial charge >= 0.3 is 0 Å². The first-order chi connectivity index (χ1) is 15.0. The molecule has 0 aliphatic carbocycles. The maximum absolute atomic E-state index is 12.7. The number of carbonyl (C=O) groups is 2. The molecule has 1 atom stereocenters. The van der Waals surface area contributed by atoms with Crippen LogP contribution in [0.3, 0.4) is 0 Å². The molecule has 3 heterocycles. The highest BCUT2D eigenvalue weighted by Gasteiger charge is 2.30. The number of benzene rings is 1. The molecule has 0 spiro atoms. The molecule has 4 rings (SSSR count). The van der Waals surface area contributed by atoms with Gasteiger partial charge in [0.05, 0.1) is 17.8 Å². The van der Waals surface area contributed by atoms with Crippen LogP contribution in [0.1, 0.15) is 44.7 Å². The van der Waals surface area contributed by atoms with Crippen LogP contribution >= 0.6 is 0 Å². The van der Waals surface area contributed by atoms with Crippen molar-refractivity contribution in [3.05, 3.63) is 23.9 Å². The van der Waals surface area contributed by atoms with Gasteiger partial charge in [0.1, 0.15) is 11.8 Å². The molecular formula is C23H31N5O3. The van der Waals surface area contributed by atoms with Crippen LogP contribution in [-0.2, 0) is 9.59 Å². The van der Waals surface area contributed by atoms with E-state index >= 15 is 0 Å². The molecule has 8 heteroatoms. The van der Waals surface area contributed by atoms with Gasteiger partial charge in [-0.2, -0.15) is 0 Å². The highest BCUT2D eigenvalue weighted by atomic mass is 16.5. The summed E-state index contributed by atoms with van der Waals surface area (Å²) in [7, 11) is 0. The average molecular weight is 426 g/mol. The minimum atomic E-state index is -0.402. The standard InChI is InChI=1S/C23H31N5O3/c1-3-31-17-7-8-19-18(14-17)15(2)25-23(27-19)28-12-9-16(10-13-28)21(29)26-20-6-4-5-11-24-22(20)30/h7-8,14,16,20H,3-6,9-13H2,1-2H3,(H,24,30)(H,26,29)/t20-/m0/s1. The molecule has 0 unspecified atom stereocenters. The number of amides is 2. The van der Waals surface area contributed by atoms with Gasteiger partial charge in [-0.1, -0.05) is 0 Å². The predicted molar refractivity (Wildman–Crippen MR) is 119 cm³/mol. The second-order valence-electron chi connectivity index (χ2n) is 8.33. The third kappa shape index (κ3) is 4.89. The Morgan fingerprint density at radius 1 is 1.23 bits per heavy atom. The number of nitrogens with zero attached hydrogens (tertiary/aromatic N) is 3. The summed E-state index contributed by atoms with van der Waals surface area (Å²) in [5, 5.41) is 6.84. The number of rotatable bonds is 5. The Hall–Kier alpha value is -2.90. The van der Waals surface area contributed by atoms with Crippen molar-refractivity contribution < 1.29 is 14.3 Å². The summed E-state index contributed by atoms with van der Waals surface area (Å²) in [5.41, 5.74) is 1.81. The number of anilines is 1. The Kier molecular flexibility index (Phi) is 6.53. The highest BCUT2D eigenvalue weighted by Crippen LogP contribution is 2.26. The molecule has 8 nitrogen and oxygen atoms in total. The lowest BCUT2D eigenvalue weighted by molar-refractivity contribution is -0.131. The molecule has 2 aliphatic rings. The van der Waals surface area contributed by atoms with E-state index in [1.54, 1.807) is 0 Å². The van der Waals surface area contributed by atoms with E-state index in [2.05, 4.69) is 15.5 Å². The van der Waals surface area contributed by atoms with Crippen LogP contribution < -0.4 is 20.3 Å². The van der Waals surface area contributed by atoms with E-state index in [4.69, 9.17) is 14.7 Å². The molecule has 2 saturated heterocycles. The van der Waals surface area contributed by atoms with Gasteiger partial charge in [0, 0.05) is 30.9 Å². The van der Waals surface area contributed by atoms with Crippen LogP contribution in [0, 0.1) is 12.8 Å². The lowest BCUT2D eigenvalue weighted by Gasteiger charge is -2.32. The molecule has 1 aromatic heterocycles. The van der Waals surface area contributed by atoms with Crippen LogP contribution in [0.4, 0.5) is 5.95 Å². The van der Waals surface area contributed by atoms with E-state index in [0.29, 0.717) is 25.5 Å². The number of aryl methyl sites for hydroxylation is 1. The van der Waals surface area contributed by atoms with Crippen molar-refractivity contribution in [3.63, 3.8) is 0 Å². The molecule has 0 radical (unpaired) electrons. The van der Waals surface area contributed by atoms with E-state index < -0.39 is 6.04 Å². The number of ether oxygens (including phenoxy) is 1. The molecule has 166 valence electrons. The average Bonchev–Trinajstić information content (AvgIpc) is 2.98. The summed E-state index contributed by atoms with van der Waals surface area (Å²) in [6, 6.07) is 5.48. The first-order valence-electron chi connectivity index (χ1n) is 11.3. The lowest BCUT2D eigenvalue weighted by atomic mass is 9.95. The largest absolute Gasteiger partial charge is 0.494 e. The molecule has 2 N–H and O–H groups in total. The number of aromatic nitrogens is 2. The Bertz CT molecular complexity index is 956. The Morgan fingerprint density at radius 3 is 2.81 bits per heavy atom. The fourth-order valence-electron chi connectivity index (χ4n) is 4.35. The summed E-state index contributed by atoms with van der Waals surface area (Å²) < 4.78 is 5.59. The lowest BCUT2D eigenvalue weighted by Crippen LogP contribution is -2.49. The molecule has 2 aromatic rings. The van der Waals surface area contributed by atoms with Gasteiger partial charge in [-0.3, -0.25) is 9.59 Å². The zero-order valence-electron chi connectivity index (χ0n) is 18.3. The van der Waals surface area contributed by atoms with Gasteiger partial charge in [0.25, 0.3) is 0 Å². The zero-order chi connectivity index (χ0) is 21.8. The second kappa shape index (κ2) is 9.49. The zero-order valence-corrected chi connectivity index (χ0v) is 18.3. The molecule has 0 saturated carbocycles. The van der Waals surface area contributed by atoms with Gasteiger partial charge < -0.3 is 20.3 Å². The summed E-state index contributed by atoms with van der Waals surface area (Å²) in [5.74, 6) is 1.37. The smallest absolute Gasteiger partial charge is 0.242 e. The number of carbonyl (C=O) groups excluding carboxylic acids is 2. The molecule has 0 bridgehead atoms. The fraction of sp³-hybridized carbons (Fsp3) is 0.565. The van der Waals surface area contributed by atoms with E-state index in [-0.39, 0.29) is 17.7 Å². The van der Waals surface area contributed by atoms with Crippen molar-refractivity contribution in [1.29, 1.82) is 0 Å². The van der Waals surface area contributed by atoms with Gasteiger partial charge in [-0.15, -0.1) is 0 Å². The second-order valence-corrected chi connectivity index (χ2v) is 8.33. The summed E-state index contributed by atoms with van der Waals surface area (Å²) in [4.78, 5) is 36.4. The van der Waals surface area contributed by atoms with Gasteiger partial charge in [0.2, 0.25) is 17.8 Å². The maximum Gasteiger partial charge on any atom is 0.242 e. The normalized spacial score (nSPS) is 20.3. The van der Waals surface area contributed by atoms with E-state index in [1.165, 1.54) is 0 Å². The fourth-order valence-corrected chi connectivity index (χ4v) is 4.35. The molecule has 2 amide bonds.